The molecule has 0 atom stereocenters. The molecule has 0 aliphatic heterocycles. The van der Waals surface area contributed by atoms with Crippen LogP contribution in [0, 0.1) is 0 Å². The third kappa shape index (κ3) is 2.76. The molecule has 3 heteroatoms. The summed E-state index contributed by atoms with van der Waals surface area (Å²) in [7, 11) is 0. The minimum absolute atomic E-state index is 0.506. The Labute approximate surface area is 113 Å². The first-order chi connectivity index (χ1) is 9.35. The topological polar surface area (TPSA) is 48.1 Å². The molecule has 0 saturated heterocycles. The summed E-state index contributed by atoms with van der Waals surface area (Å²) in [4.78, 5) is 4.25. The Bertz CT molecular complexity index is 563. The van der Waals surface area contributed by atoms with Crippen molar-refractivity contribution in [2.75, 3.05) is 0 Å². The third-order valence-corrected chi connectivity index (χ3v) is 3.58. The number of rotatable bonds is 3. The van der Waals surface area contributed by atoms with Crippen LogP contribution in [0.1, 0.15) is 29.5 Å². The van der Waals surface area contributed by atoms with E-state index in [4.69, 9.17) is 10.5 Å². The molecule has 2 aromatic rings. The standard InChI is InChI=1S/C16H18N2O/c17-10-12-5-8-16(18-11-12)19-15-7-6-13-3-1-2-4-14(13)9-15/h5-9,11H,1-4,10,17H2. The summed E-state index contributed by atoms with van der Waals surface area (Å²) < 4.78 is 5.79. The van der Waals surface area contributed by atoms with Gasteiger partial charge in [0.1, 0.15) is 5.75 Å². The molecule has 0 saturated carbocycles. The minimum atomic E-state index is 0.506. The van der Waals surface area contributed by atoms with Gasteiger partial charge in [-0.25, -0.2) is 4.98 Å². The van der Waals surface area contributed by atoms with E-state index in [0.717, 1.165) is 17.7 Å². The monoisotopic (exact) mass is 254 g/mol. The SMILES string of the molecule is NCc1ccc(Oc2ccc3c(c2)CCCC3)nc1. The molecular weight excluding hydrogens is 236 g/mol. The van der Waals surface area contributed by atoms with E-state index >= 15 is 0 Å². The lowest BCUT2D eigenvalue weighted by Crippen LogP contribution is -2.02. The zero-order chi connectivity index (χ0) is 13.1. The van der Waals surface area contributed by atoms with Crippen molar-refractivity contribution < 1.29 is 4.74 Å². The quantitative estimate of drug-likeness (QED) is 0.915. The molecule has 0 amide bonds. The predicted molar refractivity (Wildman–Crippen MR) is 75.3 cm³/mol. The van der Waals surface area contributed by atoms with Crippen molar-refractivity contribution in [3.05, 3.63) is 53.2 Å². The van der Waals surface area contributed by atoms with E-state index in [2.05, 4.69) is 17.1 Å². The molecule has 0 spiro atoms. The summed E-state index contributed by atoms with van der Waals surface area (Å²) in [6, 6.07) is 10.2. The minimum Gasteiger partial charge on any atom is -0.439 e. The molecule has 2 N–H and O–H groups in total. The average Bonchev–Trinajstić information content (AvgIpc) is 2.48. The van der Waals surface area contributed by atoms with E-state index in [-0.39, 0.29) is 0 Å². The lowest BCUT2D eigenvalue weighted by molar-refractivity contribution is 0.461. The van der Waals surface area contributed by atoms with Gasteiger partial charge in [-0.2, -0.15) is 0 Å². The van der Waals surface area contributed by atoms with Crippen LogP contribution in [-0.2, 0) is 19.4 Å². The lowest BCUT2D eigenvalue weighted by atomic mass is 9.92. The van der Waals surface area contributed by atoms with Crippen LogP contribution in [0.15, 0.2) is 36.5 Å². The normalized spacial score (nSPS) is 13.9. The highest BCUT2D eigenvalue weighted by Gasteiger charge is 2.10. The lowest BCUT2D eigenvalue weighted by Gasteiger charge is -2.16. The maximum Gasteiger partial charge on any atom is 0.219 e. The Kier molecular flexibility index (Phi) is 3.47. The van der Waals surface area contributed by atoms with Gasteiger partial charge < -0.3 is 10.5 Å². The summed E-state index contributed by atoms with van der Waals surface area (Å²) in [5.74, 6) is 1.49. The Hall–Kier alpha value is -1.87. The van der Waals surface area contributed by atoms with Crippen molar-refractivity contribution in [2.24, 2.45) is 5.73 Å². The van der Waals surface area contributed by atoms with E-state index in [1.165, 1.54) is 30.4 Å². The van der Waals surface area contributed by atoms with Crippen LogP contribution in [0.5, 0.6) is 11.6 Å². The number of hydrogen-bond donors (Lipinski definition) is 1. The molecule has 1 heterocycles. The van der Waals surface area contributed by atoms with Crippen LogP contribution in [0.25, 0.3) is 0 Å². The molecule has 0 unspecified atom stereocenters. The van der Waals surface area contributed by atoms with Crippen molar-refractivity contribution in [3.63, 3.8) is 0 Å². The van der Waals surface area contributed by atoms with Crippen LogP contribution >= 0.6 is 0 Å². The highest BCUT2D eigenvalue weighted by Crippen LogP contribution is 2.27. The highest BCUT2D eigenvalue weighted by molar-refractivity contribution is 5.38. The average molecular weight is 254 g/mol. The molecule has 1 aromatic heterocycles. The van der Waals surface area contributed by atoms with Crippen LogP contribution in [-0.4, -0.2) is 4.98 Å². The van der Waals surface area contributed by atoms with Gasteiger partial charge in [0.2, 0.25) is 5.88 Å². The molecule has 3 rings (SSSR count). The van der Waals surface area contributed by atoms with E-state index in [1.54, 1.807) is 6.20 Å². The number of pyridine rings is 1. The molecule has 0 bridgehead atoms. The second kappa shape index (κ2) is 5.41. The summed E-state index contributed by atoms with van der Waals surface area (Å²) in [5, 5.41) is 0. The van der Waals surface area contributed by atoms with Gasteiger partial charge in [-0.3, -0.25) is 0 Å². The highest BCUT2D eigenvalue weighted by atomic mass is 16.5. The van der Waals surface area contributed by atoms with Gasteiger partial charge in [0.05, 0.1) is 0 Å². The fourth-order valence-corrected chi connectivity index (χ4v) is 2.49. The fraction of sp³-hybridized carbons (Fsp3) is 0.312. The number of ether oxygens (including phenoxy) is 1. The fourth-order valence-electron chi connectivity index (χ4n) is 2.49. The molecule has 19 heavy (non-hydrogen) atoms. The number of nitrogens with zero attached hydrogens (tertiary/aromatic N) is 1. The van der Waals surface area contributed by atoms with E-state index in [0.29, 0.717) is 12.4 Å². The van der Waals surface area contributed by atoms with Gasteiger partial charge in [-0.15, -0.1) is 0 Å². The van der Waals surface area contributed by atoms with Crippen molar-refractivity contribution in [1.82, 2.24) is 4.98 Å². The smallest absolute Gasteiger partial charge is 0.219 e. The molecule has 0 radical (unpaired) electrons. The molecule has 1 aromatic carbocycles. The first-order valence-electron chi connectivity index (χ1n) is 6.80. The van der Waals surface area contributed by atoms with E-state index < -0.39 is 0 Å². The molecule has 0 fully saturated rings. The van der Waals surface area contributed by atoms with Gasteiger partial charge in [0.15, 0.2) is 0 Å². The second-order valence-electron chi connectivity index (χ2n) is 4.95. The van der Waals surface area contributed by atoms with Gasteiger partial charge in [-0.1, -0.05) is 12.1 Å². The van der Waals surface area contributed by atoms with Crippen LogP contribution in [0.2, 0.25) is 0 Å². The number of benzene rings is 1. The molecule has 1 aliphatic carbocycles. The largest absolute Gasteiger partial charge is 0.439 e. The Balaban J connectivity index is 1.78. The number of aryl methyl sites for hydroxylation is 2. The predicted octanol–water partition coefficient (Wildman–Crippen LogP) is 3.21. The summed E-state index contributed by atoms with van der Waals surface area (Å²) in [6.07, 6.45) is 6.69. The summed E-state index contributed by atoms with van der Waals surface area (Å²) >= 11 is 0. The van der Waals surface area contributed by atoms with Crippen molar-refractivity contribution in [2.45, 2.75) is 32.2 Å². The molecule has 1 aliphatic rings. The first-order valence-corrected chi connectivity index (χ1v) is 6.80. The Morgan fingerprint density at radius 1 is 1.05 bits per heavy atom. The third-order valence-electron chi connectivity index (χ3n) is 3.58. The second-order valence-corrected chi connectivity index (χ2v) is 4.95. The van der Waals surface area contributed by atoms with Crippen LogP contribution in [0.4, 0.5) is 0 Å². The van der Waals surface area contributed by atoms with Crippen LogP contribution in [0.3, 0.4) is 0 Å². The number of aromatic nitrogens is 1. The van der Waals surface area contributed by atoms with E-state index in [9.17, 15) is 0 Å². The van der Waals surface area contributed by atoms with Crippen molar-refractivity contribution in [3.8, 4) is 11.6 Å². The number of fused-ring (bicyclic) bond motifs is 1. The zero-order valence-corrected chi connectivity index (χ0v) is 10.9. The van der Waals surface area contributed by atoms with Gasteiger partial charge in [0.25, 0.3) is 0 Å². The van der Waals surface area contributed by atoms with Crippen LogP contribution < -0.4 is 10.5 Å². The van der Waals surface area contributed by atoms with Gasteiger partial charge >= 0.3 is 0 Å². The van der Waals surface area contributed by atoms with Crippen molar-refractivity contribution >= 4 is 0 Å². The Morgan fingerprint density at radius 3 is 2.63 bits per heavy atom. The van der Waals surface area contributed by atoms with Crippen molar-refractivity contribution in [1.29, 1.82) is 0 Å². The zero-order valence-electron chi connectivity index (χ0n) is 10.9. The van der Waals surface area contributed by atoms with Gasteiger partial charge in [-0.05, 0) is 54.5 Å². The number of hydrogen-bond acceptors (Lipinski definition) is 3. The molecule has 98 valence electrons. The van der Waals surface area contributed by atoms with Gasteiger partial charge in [0, 0.05) is 18.8 Å². The summed E-state index contributed by atoms with van der Waals surface area (Å²) in [5.41, 5.74) is 9.44. The first kappa shape index (κ1) is 12.2. The molecular formula is C16H18N2O. The molecule has 3 nitrogen and oxygen atoms in total. The maximum atomic E-state index is 5.79. The maximum absolute atomic E-state index is 5.79. The Morgan fingerprint density at radius 2 is 1.89 bits per heavy atom. The summed E-state index contributed by atoms with van der Waals surface area (Å²) in [6.45, 7) is 0.506. The van der Waals surface area contributed by atoms with E-state index in [1.807, 2.05) is 18.2 Å². The number of nitrogens with two attached hydrogens (primary N) is 1.